The van der Waals surface area contributed by atoms with Gasteiger partial charge in [-0.25, -0.2) is 16.8 Å². The molecule has 1 aliphatic heterocycles. The topological polar surface area (TPSA) is 92.1 Å². The summed E-state index contributed by atoms with van der Waals surface area (Å²) in [6.07, 6.45) is 1.04. The largest absolute Gasteiger partial charge is 0.229 e. The van der Waals surface area contributed by atoms with Crippen molar-refractivity contribution < 1.29 is 16.8 Å². The van der Waals surface area contributed by atoms with Gasteiger partial charge in [0.15, 0.2) is 9.84 Å². The summed E-state index contributed by atoms with van der Waals surface area (Å²) in [7, 11) is -6.14. The van der Waals surface area contributed by atoms with E-state index in [2.05, 4.69) is 6.07 Å². The van der Waals surface area contributed by atoms with Crippen LogP contribution < -0.4 is 0 Å². The second-order valence-corrected chi connectivity index (χ2v) is 9.23. The number of rotatable bonds is 5. The molecule has 0 amide bonds. The molecule has 0 N–H and O–H groups in total. The zero-order valence-electron chi connectivity index (χ0n) is 9.85. The Hall–Kier alpha value is -0.610. The van der Waals surface area contributed by atoms with Gasteiger partial charge in [-0.1, -0.05) is 6.92 Å². The summed E-state index contributed by atoms with van der Waals surface area (Å²) in [4.78, 5) is 0. The second-order valence-electron chi connectivity index (χ2n) is 4.57. The molecule has 0 aromatic carbocycles. The monoisotopic (exact) mass is 279 g/mol. The van der Waals surface area contributed by atoms with E-state index < -0.39 is 25.1 Å². The maximum Gasteiger partial charge on any atom is 0.151 e. The molecule has 0 radical (unpaired) electrons. The molecule has 0 aromatic heterocycles. The van der Waals surface area contributed by atoms with Crippen LogP contribution in [-0.4, -0.2) is 39.8 Å². The molecule has 0 saturated carbocycles. The van der Waals surface area contributed by atoms with Crippen molar-refractivity contribution in [3.05, 3.63) is 0 Å². The highest BCUT2D eigenvalue weighted by atomic mass is 32.2. The molecule has 1 rings (SSSR count). The summed E-state index contributed by atoms with van der Waals surface area (Å²) in [5.41, 5.74) is -0.859. The van der Waals surface area contributed by atoms with E-state index in [0.29, 0.717) is 19.3 Å². The molecule has 0 bridgehead atoms. The van der Waals surface area contributed by atoms with Gasteiger partial charge in [0.2, 0.25) is 0 Å². The molecular weight excluding hydrogens is 262 g/mol. The molecule has 7 heteroatoms. The summed E-state index contributed by atoms with van der Waals surface area (Å²) < 4.78 is 45.3. The van der Waals surface area contributed by atoms with Crippen molar-refractivity contribution in [2.75, 3.05) is 23.0 Å². The zero-order chi connectivity index (χ0) is 13.2. The Labute approximate surface area is 103 Å². The Morgan fingerprint density at radius 2 is 2.06 bits per heavy atom. The summed E-state index contributed by atoms with van der Waals surface area (Å²) in [6.45, 7) is 1.58. The van der Waals surface area contributed by atoms with Gasteiger partial charge < -0.3 is 0 Å². The maximum absolute atomic E-state index is 11.4. The standard InChI is InChI=1S/C10H17NO4S2/c1-2-16(12,13)6-3-4-10(8-11)5-7-17(14,15)9-10/h2-7,9H2,1H3. The lowest BCUT2D eigenvalue weighted by Gasteiger charge is -2.17. The van der Waals surface area contributed by atoms with Gasteiger partial charge in [0.1, 0.15) is 9.84 Å². The van der Waals surface area contributed by atoms with Crippen LogP contribution in [0.5, 0.6) is 0 Å². The lowest BCUT2D eigenvalue weighted by atomic mass is 9.85. The Morgan fingerprint density at radius 3 is 2.47 bits per heavy atom. The molecule has 5 nitrogen and oxygen atoms in total. The van der Waals surface area contributed by atoms with E-state index in [1.165, 1.54) is 0 Å². The molecule has 98 valence electrons. The van der Waals surface area contributed by atoms with E-state index in [0.717, 1.165) is 0 Å². The van der Waals surface area contributed by atoms with Crippen LogP contribution in [0.3, 0.4) is 0 Å². The number of hydrogen-bond donors (Lipinski definition) is 0. The van der Waals surface area contributed by atoms with Crippen molar-refractivity contribution in [2.45, 2.75) is 26.2 Å². The van der Waals surface area contributed by atoms with Crippen LogP contribution >= 0.6 is 0 Å². The van der Waals surface area contributed by atoms with E-state index in [1.807, 2.05) is 0 Å². The van der Waals surface area contributed by atoms with Crippen molar-refractivity contribution >= 4 is 19.7 Å². The van der Waals surface area contributed by atoms with Gasteiger partial charge in [0.05, 0.1) is 28.7 Å². The molecule has 1 saturated heterocycles. The van der Waals surface area contributed by atoms with Gasteiger partial charge in [-0.05, 0) is 19.3 Å². The lowest BCUT2D eigenvalue weighted by molar-refractivity contribution is 0.410. The molecule has 1 aliphatic rings. The third-order valence-electron chi connectivity index (χ3n) is 3.18. The number of hydrogen-bond acceptors (Lipinski definition) is 5. The van der Waals surface area contributed by atoms with Crippen LogP contribution in [0.1, 0.15) is 26.2 Å². The molecule has 0 aliphatic carbocycles. The fourth-order valence-electron chi connectivity index (χ4n) is 2.03. The Bertz CT molecular complexity index is 515. The van der Waals surface area contributed by atoms with E-state index in [4.69, 9.17) is 5.26 Å². The first kappa shape index (κ1) is 14.5. The predicted octanol–water partition coefficient (Wildman–Crippen LogP) is 0.530. The lowest BCUT2D eigenvalue weighted by Crippen LogP contribution is -2.21. The number of sulfone groups is 2. The van der Waals surface area contributed by atoms with Gasteiger partial charge in [-0.15, -0.1) is 0 Å². The Kier molecular flexibility index (Phi) is 4.20. The second kappa shape index (κ2) is 4.94. The highest BCUT2D eigenvalue weighted by Crippen LogP contribution is 2.36. The van der Waals surface area contributed by atoms with Crippen molar-refractivity contribution in [1.29, 1.82) is 5.26 Å². The van der Waals surface area contributed by atoms with Crippen LogP contribution in [0.25, 0.3) is 0 Å². The Balaban J connectivity index is 2.60. The molecule has 1 heterocycles. The third-order valence-corrected chi connectivity index (χ3v) is 6.78. The number of nitriles is 1. The third kappa shape index (κ3) is 3.96. The maximum atomic E-state index is 11.4. The molecule has 1 fully saturated rings. The van der Waals surface area contributed by atoms with Crippen LogP contribution in [0.4, 0.5) is 0 Å². The molecule has 0 spiro atoms. The average molecular weight is 279 g/mol. The van der Waals surface area contributed by atoms with Crippen molar-refractivity contribution in [3.8, 4) is 6.07 Å². The summed E-state index contributed by atoms with van der Waals surface area (Å²) in [5.74, 6) is 0.0432. The van der Waals surface area contributed by atoms with Crippen molar-refractivity contribution in [3.63, 3.8) is 0 Å². The van der Waals surface area contributed by atoms with E-state index >= 15 is 0 Å². The summed E-state index contributed by atoms with van der Waals surface area (Å²) >= 11 is 0. The fourth-order valence-corrected chi connectivity index (χ4v) is 4.95. The quantitative estimate of drug-likeness (QED) is 0.732. The van der Waals surface area contributed by atoms with E-state index in [9.17, 15) is 16.8 Å². The highest BCUT2D eigenvalue weighted by molar-refractivity contribution is 7.91. The van der Waals surface area contributed by atoms with Crippen LogP contribution in [0.15, 0.2) is 0 Å². The fraction of sp³-hybridized carbons (Fsp3) is 0.900. The molecule has 1 unspecified atom stereocenters. The normalized spacial score (nSPS) is 27.8. The number of nitrogens with zero attached hydrogens (tertiary/aromatic N) is 1. The smallest absolute Gasteiger partial charge is 0.151 e. The molecule has 17 heavy (non-hydrogen) atoms. The zero-order valence-corrected chi connectivity index (χ0v) is 11.5. The predicted molar refractivity (Wildman–Crippen MR) is 64.9 cm³/mol. The molecule has 1 atom stereocenters. The van der Waals surface area contributed by atoms with Crippen LogP contribution in [0.2, 0.25) is 0 Å². The average Bonchev–Trinajstić information content (AvgIpc) is 2.55. The first-order valence-electron chi connectivity index (χ1n) is 5.56. The van der Waals surface area contributed by atoms with Crippen molar-refractivity contribution in [1.82, 2.24) is 0 Å². The molecule has 0 aromatic rings. The van der Waals surface area contributed by atoms with E-state index in [1.54, 1.807) is 6.92 Å². The highest BCUT2D eigenvalue weighted by Gasteiger charge is 2.42. The van der Waals surface area contributed by atoms with Gasteiger partial charge in [-0.2, -0.15) is 5.26 Å². The van der Waals surface area contributed by atoms with Gasteiger partial charge in [0.25, 0.3) is 0 Å². The first-order chi connectivity index (χ1) is 7.74. The Morgan fingerprint density at radius 1 is 1.41 bits per heavy atom. The minimum absolute atomic E-state index is 0.0347. The van der Waals surface area contributed by atoms with Crippen molar-refractivity contribution in [2.24, 2.45) is 5.41 Å². The van der Waals surface area contributed by atoms with Gasteiger partial charge in [-0.3, -0.25) is 0 Å². The SMILES string of the molecule is CCS(=O)(=O)CCCC1(C#N)CCS(=O)(=O)C1. The minimum Gasteiger partial charge on any atom is -0.229 e. The summed E-state index contributed by atoms with van der Waals surface area (Å²) in [6, 6.07) is 2.06. The van der Waals surface area contributed by atoms with E-state index in [-0.39, 0.29) is 23.0 Å². The molecular formula is C10H17NO4S2. The van der Waals surface area contributed by atoms with Gasteiger partial charge >= 0.3 is 0 Å². The summed E-state index contributed by atoms with van der Waals surface area (Å²) in [5, 5.41) is 9.07. The first-order valence-corrected chi connectivity index (χ1v) is 9.21. The van der Waals surface area contributed by atoms with Crippen LogP contribution in [0, 0.1) is 16.7 Å². The van der Waals surface area contributed by atoms with Gasteiger partial charge in [0, 0.05) is 5.75 Å². The van der Waals surface area contributed by atoms with Crippen LogP contribution in [-0.2, 0) is 19.7 Å². The minimum atomic E-state index is -3.11.